The van der Waals surface area contributed by atoms with Crippen LogP contribution in [0, 0.1) is 11.3 Å². The Kier molecular flexibility index (Phi) is 1.48. The van der Waals surface area contributed by atoms with Gasteiger partial charge in [0, 0.05) is 5.41 Å². The van der Waals surface area contributed by atoms with Crippen molar-refractivity contribution in [1.82, 2.24) is 0 Å². The minimum atomic E-state index is -0.0301. The normalized spacial score (nSPS) is 49.6. The monoisotopic (exact) mass is 166 g/mol. The fourth-order valence-corrected chi connectivity index (χ4v) is 3.22. The lowest BCUT2D eigenvalue weighted by Gasteiger charge is -2.41. The van der Waals surface area contributed by atoms with Gasteiger partial charge in [-0.2, -0.15) is 0 Å². The molecule has 2 aliphatic rings. The lowest BCUT2D eigenvalue weighted by atomic mass is 9.63. The van der Waals surface area contributed by atoms with Gasteiger partial charge in [-0.25, -0.2) is 0 Å². The number of rotatable bonds is 1. The summed E-state index contributed by atoms with van der Waals surface area (Å²) in [6.07, 6.45) is 4.94. The van der Waals surface area contributed by atoms with Crippen LogP contribution in [0.1, 0.15) is 33.6 Å². The highest BCUT2D eigenvalue weighted by Gasteiger charge is 2.60. The van der Waals surface area contributed by atoms with Crippen LogP contribution >= 0.6 is 0 Å². The second-order valence-corrected chi connectivity index (χ2v) is 4.96. The van der Waals surface area contributed by atoms with Crippen molar-refractivity contribution in [3.63, 3.8) is 0 Å². The second kappa shape index (κ2) is 2.14. The van der Waals surface area contributed by atoms with Crippen LogP contribution < -0.4 is 0 Å². The fraction of sp³-hybridized carbons (Fsp3) is 0.818. The average molecular weight is 166 g/mol. The maximum absolute atomic E-state index is 6.02. The summed E-state index contributed by atoms with van der Waals surface area (Å²) in [5.74, 6) is 0.642. The number of hydrogen-bond donors (Lipinski definition) is 0. The summed E-state index contributed by atoms with van der Waals surface area (Å²) in [6, 6.07) is 0. The molecule has 0 aromatic carbocycles. The van der Waals surface area contributed by atoms with Gasteiger partial charge >= 0.3 is 0 Å². The van der Waals surface area contributed by atoms with E-state index in [0.29, 0.717) is 12.0 Å². The van der Waals surface area contributed by atoms with Crippen LogP contribution in [0.25, 0.3) is 0 Å². The summed E-state index contributed by atoms with van der Waals surface area (Å²) in [6.45, 7) is 10.8. The van der Waals surface area contributed by atoms with E-state index in [0.717, 1.165) is 0 Å². The van der Waals surface area contributed by atoms with E-state index in [1.807, 2.05) is 6.08 Å². The molecule has 0 aliphatic carbocycles. The number of hydrogen-bond acceptors (Lipinski definition) is 1. The van der Waals surface area contributed by atoms with Gasteiger partial charge in [-0.05, 0) is 18.8 Å². The maximum atomic E-state index is 6.02. The van der Waals surface area contributed by atoms with E-state index in [2.05, 4.69) is 27.4 Å². The first-order valence-electron chi connectivity index (χ1n) is 4.83. The molecule has 0 aromatic rings. The lowest BCUT2D eigenvalue weighted by molar-refractivity contribution is -0.0167. The molecule has 68 valence electrons. The van der Waals surface area contributed by atoms with Crippen molar-refractivity contribution in [2.45, 2.75) is 45.3 Å². The molecule has 1 nitrogen and oxygen atoms in total. The van der Waals surface area contributed by atoms with E-state index in [1.165, 1.54) is 12.8 Å². The van der Waals surface area contributed by atoms with Gasteiger partial charge in [0.25, 0.3) is 0 Å². The van der Waals surface area contributed by atoms with Gasteiger partial charge in [-0.3, -0.25) is 0 Å². The molecule has 0 aromatic heterocycles. The van der Waals surface area contributed by atoms with Gasteiger partial charge < -0.3 is 4.74 Å². The van der Waals surface area contributed by atoms with E-state index in [-0.39, 0.29) is 11.0 Å². The van der Waals surface area contributed by atoms with Crippen molar-refractivity contribution in [3.05, 3.63) is 12.7 Å². The third-order valence-electron chi connectivity index (χ3n) is 3.81. The quantitative estimate of drug-likeness (QED) is 0.544. The van der Waals surface area contributed by atoms with E-state index in [1.54, 1.807) is 0 Å². The van der Waals surface area contributed by atoms with Crippen molar-refractivity contribution >= 4 is 0 Å². The highest BCUT2D eigenvalue weighted by molar-refractivity contribution is 5.18. The largest absolute Gasteiger partial charge is 0.367 e. The Labute approximate surface area is 74.8 Å². The van der Waals surface area contributed by atoms with Crippen LogP contribution in [0.5, 0.6) is 0 Å². The van der Waals surface area contributed by atoms with Crippen LogP contribution in [0.4, 0.5) is 0 Å². The van der Waals surface area contributed by atoms with Crippen LogP contribution in [-0.2, 0) is 4.74 Å². The molecule has 0 N–H and O–H groups in total. The standard InChI is InChI=1S/C11H18O/c1-5-11-8(2)6-9(12-11)7-10(11,3)4/h5,8-9H,1,6-7H2,2-4H3/t8-,9-,11-/m1/s1. The summed E-state index contributed by atoms with van der Waals surface area (Å²) < 4.78 is 6.02. The van der Waals surface area contributed by atoms with Crippen molar-refractivity contribution in [2.75, 3.05) is 0 Å². The predicted molar refractivity (Wildman–Crippen MR) is 50.0 cm³/mol. The SMILES string of the molecule is C=C[C@@]12O[C@H](C[C@H]1C)CC2(C)C. The minimum absolute atomic E-state index is 0.0301. The number of fused-ring (bicyclic) bond motifs is 2. The summed E-state index contributed by atoms with van der Waals surface area (Å²) >= 11 is 0. The summed E-state index contributed by atoms with van der Waals surface area (Å²) in [4.78, 5) is 0. The van der Waals surface area contributed by atoms with Crippen LogP contribution in [0.2, 0.25) is 0 Å². The molecule has 12 heavy (non-hydrogen) atoms. The first-order chi connectivity index (χ1) is 5.52. The Morgan fingerprint density at radius 2 is 2.17 bits per heavy atom. The molecular formula is C11H18O. The topological polar surface area (TPSA) is 9.23 Å². The first-order valence-corrected chi connectivity index (χ1v) is 4.83. The van der Waals surface area contributed by atoms with Crippen LogP contribution in [0.3, 0.4) is 0 Å². The molecule has 3 atom stereocenters. The Morgan fingerprint density at radius 1 is 1.50 bits per heavy atom. The molecule has 2 bridgehead atoms. The van der Waals surface area contributed by atoms with E-state index < -0.39 is 0 Å². The summed E-state index contributed by atoms with van der Waals surface area (Å²) in [5.41, 5.74) is 0.259. The van der Waals surface area contributed by atoms with Gasteiger partial charge in [0.1, 0.15) is 0 Å². The summed E-state index contributed by atoms with van der Waals surface area (Å²) in [7, 11) is 0. The van der Waals surface area contributed by atoms with Gasteiger partial charge in [-0.15, -0.1) is 6.58 Å². The highest BCUT2D eigenvalue weighted by Crippen LogP contribution is 2.58. The Hall–Kier alpha value is -0.300. The molecule has 2 rings (SSSR count). The smallest absolute Gasteiger partial charge is 0.0941 e. The minimum Gasteiger partial charge on any atom is -0.367 e. The number of ether oxygens (including phenoxy) is 1. The van der Waals surface area contributed by atoms with Gasteiger partial charge in [0.15, 0.2) is 0 Å². The van der Waals surface area contributed by atoms with Crippen LogP contribution in [-0.4, -0.2) is 11.7 Å². The molecule has 0 spiro atoms. The zero-order valence-corrected chi connectivity index (χ0v) is 8.26. The van der Waals surface area contributed by atoms with Crippen molar-refractivity contribution in [1.29, 1.82) is 0 Å². The molecule has 2 aliphatic heterocycles. The van der Waals surface area contributed by atoms with Crippen LogP contribution in [0.15, 0.2) is 12.7 Å². The van der Waals surface area contributed by atoms with Gasteiger partial charge in [0.2, 0.25) is 0 Å². The molecule has 2 fully saturated rings. The fourth-order valence-electron chi connectivity index (χ4n) is 3.22. The van der Waals surface area contributed by atoms with Crippen molar-refractivity contribution in [2.24, 2.45) is 11.3 Å². The zero-order chi connectivity index (χ0) is 8.98. The van der Waals surface area contributed by atoms with E-state index >= 15 is 0 Å². The van der Waals surface area contributed by atoms with Crippen molar-refractivity contribution in [3.8, 4) is 0 Å². The molecule has 0 unspecified atom stereocenters. The first kappa shape index (κ1) is 8.31. The maximum Gasteiger partial charge on any atom is 0.0941 e. The molecule has 0 saturated carbocycles. The van der Waals surface area contributed by atoms with E-state index in [4.69, 9.17) is 4.74 Å². The molecule has 2 saturated heterocycles. The Morgan fingerprint density at radius 3 is 2.50 bits per heavy atom. The third kappa shape index (κ3) is 0.731. The van der Waals surface area contributed by atoms with Crippen molar-refractivity contribution < 1.29 is 4.74 Å². The van der Waals surface area contributed by atoms with Gasteiger partial charge in [0.05, 0.1) is 11.7 Å². The molecule has 2 heterocycles. The molecule has 1 heteroatoms. The Balaban J connectivity index is 2.41. The molecule has 0 radical (unpaired) electrons. The molecule has 0 amide bonds. The van der Waals surface area contributed by atoms with E-state index in [9.17, 15) is 0 Å². The lowest BCUT2D eigenvalue weighted by Crippen LogP contribution is -2.44. The van der Waals surface area contributed by atoms with Gasteiger partial charge in [-0.1, -0.05) is 26.8 Å². The average Bonchev–Trinajstić information content (AvgIpc) is 2.37. The summed E-state index contributed by atoms with van der Waals surface area (Å²) in [5, 5.41) is 0. The highest BCUT2D eigenvalue weighted by atomic mass is 16.5. The second-order valence-electron chi connectivity index (χ2n) is 4.96. The predicted octanol–water partition coefficient (Wildman–Crippen LogP) is 2.77. The third-order valence-corrected chi connectivity index (χ3v) is 3.81. The Bertz CT molecular complexity index is 219. The molecular weight excluding hydrogens is 148 g/mol. The zero-order valence-electron chi connectivity index (χ0n) is 8.26.